The molecular weight excluding hydrogens is 308 g/mol. The van der Waals surface area contributed by atoms with Gasteiger partial charge in [0.1, 0.15) is 0 Å². The summed E-state index contributed by atoms with van der Waals surface area (Å²) in [6, 6.07) is 15.1. The number of anilines is 1. The second kappa shape index (κ2) is 6.38. The lowest BCUT2D eigenvalue weighted by molar-refractivity contribution is 0.102. The van der Waals surface area contributed by atoms with Crippen molar-refractivity contribution >= 4 is 33.3 Å². The second-order valence-electron chi connectivity index (χ2n) is 5.63. The molecule has 0 saturated carbocycles. The van der Waals surface area contributed by atoms with Gasteiger partial charge in [0.15, 0.2) is 0 Å². The molecule has 0 aliphatic rings. The van der Waals surface area contributed by atoms with Crippen LogP contribution in [0.1, 0.15) is 21.6 Å². The van der Waals surface area contributed by atoms with E-state index in [0.29, 0.717) is 11.3 Å². The van der Waals surface area contributed by atoms with E-state index in [2.05, 4.69) is 10.3 Å². The molecule has 0 radical (unpaired) electrons. The van der Waals surface area contributed by atoms with Gasteiger partial charge in [-0.25, -0.2) is 0 Å². The van der Waals surface area contributed by atoms with E-state index in [0.717, 1.165) is 27.8 Å². The maximum atomic E-state index is 12.4. The normalized spacial score (nSPS) is 12.3. The number of aryl methyl sites for hydroxylation is 1. The number of nitrogens with one attached hydrogen (secondary N) is 2. The molecule has 1 heterocycles. The van der Waals surface area contributed by atoms with Crippen LogP contribution in [0.15, 0.2) is 48.5 Å². The molecule has 1 unspecified atom stereocenters. The van der Waals surface area contributed by atoms with E-state index in [4.69, 9.17) is 0 Å². The lowest BCUT2D eigenvalue weighted by atomic mass is 10.1. The molecule has 0 spiro atoms. The molecular formula is C18H18N2O2S. The van der Waals surface area contributed by atoms with Gasteiger partial charge in [-0.15, -0.1) is 0 Å². The molecule has 1 aromatic heterocycles. The van der Waals surface area contributed by atoms with Crippen LogP contribution in [0.2, 0.25) is 0 Å². The topological polar surface area (TPSA) is 62.0 Å². The quantitative estimate of drug-likeness (QED) is 0.769. The first kappa shape index (κ1) is 15.5. The Balaban J connectivity index is 1.81. The molecule has 0 fully saturated rings. The highest BCUT2D eigenvalue weighted by atomic mass is 32.2. The Morgan fingerprint density at radius 2 is 2.00 bits per heavy atom. The van der Waals surface area contributed by atoms with Crippen LogP contribution >= 0.6 is 0 Å². The van der Waals surface area contributed by atoms with Crippen LogP contribution in [-0.4, -0.2) is 21.4 Å². The Bertz CT molecular complexity index is 899. The van der Waals surface area contributed by atoms with Crippen molar-refractivity contribution < 1.29 is 9.00 Å². The average Bonchev–Trinajstić information content (AvgIpc) is 2.86. The van der Waals surface area contributed by atoms with E-state index in [1.165, 1.54) is 0 Å². The van der Waals surface area contributed by atoms with Gasteiger partial charge in [-0.1, -0.05) is 12.1 Å². The summed E-state index contributed by atoms with van der Waals surface area (Å²) in [4.78, 5) is 15.7. The summed E-state index contributed by atoms with van der Waals surface area (Å²) < 4.78 is 11.3. The lowest BCUT2D eigenvalue weighted by Crippen LogP contribution is -2.12. The second-order valence-corrected chi connectivity index (χ2v) is 7.06. The smallest absolute Gasteiger partial charge is 0.255 e. The Kier molecular flexibility index (Phi) is 4.30. The van der Waals surface area contributed by atoms with Crippen molar-refractivity contribution in [3.63, 3.8) is 0 Å². The zero-order valence-corrected chi connectivity index (χ0v) is 13.9. The van der Waals surface area contributed by atoms with Gasteiger partial charge in [-0.2, -0.15) is 0 Å². The minimum atomic E-state index is -0.925. The van der Waals surface area contributed by atoms with Crippen molar-refractivity contribution in [1.29, 1.82) is 0 Å². The van der Waals surface area contributed by atoms with E-state index in [1.54, 1.807) is 18.4 Å². The molecule has 4 nitrogen and oxygen atoms in total. The van der Waals surface area contributed by atoms with Crippen molar-refractivity contribution in [2.75, 3.05) is 11.6 Å². The Labute approximate surface area is 137 Å². The van der Waals surface area contributed by atoms with Gasteiger partial charge in [-0.05, 0) is 48.9 Å². The standard InChI is InChI=1S/C18H18N2O2S/c1-12-8-15-10-16(6-7-17(15)19-12)20-18(21)14-5-3-4-13(9-14)11-23(2)22/h3-10,19H,11H2,1-2H3,(H,20,21). The number of hydrogen-bond acceptors (Lipinski definition) is 2. The van der Waals surface area contributed by atoms with Gasteiger partial charge in [-0.3, -0.25) is 9.00 Å². The molecule has 0 aliphatic heterocycles. The number of amides is 1. The van der Waals surface area contributed by atoms with E-state index >= 15 is 0 Å². The molecule has 1 amide bonds. The van der Waals surface area contributed by atoms with Crippen LogP contribution in [0.4, 0.5) is 5.69 Å². The van der Waals surface area contributed by atoms with E-state index in [-0.39, 0.29) is 5.91 Å². The summed E-state index contributed by atoms with van der Waals surface area (Å²) in [5, 5.41) is 3.98. The molecule has 3 rings (SSSR count). The maximum absolute atomic E-state index is 12.4. The summed E-state index contributed by atoms with van der Waals surface area (Å²) >= 11 is 0. The van der Waals surface area contributed by atoms with Gasteiger partial charge in [0.2, 0.25) is 0 Å². The van der Waals surface area contributed by atoms with Gasteiger partial charge in [0.05, 0.1) is 0 Å². The van der Waals surface area contributed by atoms with Crippen LogP contribution in [0, 0.1) is 6.92 Å². The predicted molar refractivity (Wildman–Crippen MR) is 95.2 cm³/mol. The third-order valence-electron chi connectivity index (χ3n) is 3.57. The fraction of sp³-hybridized carbons (Fsp3) is 0.167. The van der Waals surface area contributed by atoms with Gasteiger partial charge in [0.25, 0.3) is 5.91 Å². The van der Waals surface area contributed by atoms with Crippen LogP contribution in [-0.2, 0) is 16.6 Å². The number of benzene rings is 2. The summed E-state index contributed by atoms with van der Waals surface area (Å²) in [7, 11) is -0.925. The zero-order valence-electron chi connectivity index (χ0n) is 13.1. The number of aromatic nitrogens is 1. The van der Waals surface area contributed by atoms with Crippen molar-refractivity contribution in [3.05, 3.63) is 65.4 Å². The first-order chi connectivity index (χ1) is 11.0. The molecule has 0 bridgehead atoms. The fourth-order valence-electron chi connectivity index (χ4n) is 2.60. The molecule has 2 N–H and O–H groups in total. The molecule has 0 saturated heterocycles. The molecule has 3 aromatic rings. The van der Waals surface area contributed by atoms with Gasteiger partial charge >= 0.3 is 0 Å². The molecule has 23 heavy (non-hydrogen) atoms. The first-order valence-electron chi connectivity index (χ1n) is 7.31. The van der Waals surface area contributed by atoms with Crippen LogP contribution in [0.3, 0.4) is 0 Å². The third-order valence-corrected chi connectivity index (χ3v) is 4.31. The van der Waals surface area contributed by atoms with Crippen LogP contribution < -0.4 is 5.32 Å². The van der Waals surface area contributed by atoms with E-state index in [9.17, 15) is 9.00 Å². The Hall–Kier alpha value is -2.40. The largest absolute Gasteiger partial charge is 0.359 e. The summed E-state index contributed by atoms with van der Waals surface area (Å²) in [6.07, 6.45) is 1.65. The van der Waals surface area contributed by atoms with Crippen LogP contribution in [0.25, 0.3) is 10.9 Å². The fourth-order valence-corrected chi connectivity index (χ4v) is 3.24. The number of aromatic amines is 1. The monoisotopic (exact) mass is 326 g/mol. The van der Waals surface area contributed by atoms with Crippen molar-refractivity contribution in [3.8, 4) is 0 Å². The third kappa shape index (κ3) is 3.68. The minimum Gasteiger partial charge on any atom is -0.359 e. The predicted octanol–water partition coefficient (Wildman–Crippen LogP) is 3.61. The molecule has 0 aliphatic carbocycles. The van der Waals surface area contributed by atoms with Crippen molar-refractivity contribution in [2.45, 2.75) is 12.7 Å². The van der Waals surface area contributed by atoms with Crippen molar-refractivity contribution in [1.82, 2.24) is 4.98 Å². The maximum Gasteiger partial charge on any atom is 0.255 e. The van der Waals surface area contributed by atoms with E-state index < -0.39 is 10.8 Å². The zero-order chi connectivity index (χ0) is 16.4. The number of H-pyrrole nitrogens is 1. The Morgan fingerprint density at radius 1 is 1.17 bits per heavy atom. The Morgan fingerprint density at radius 3 is 2.78 bits per heavy atom. The molecule has 5 heteroatoms. The summed E-state index contributed by atoms with van der Waals surface area (Å²) in [6.45, 7) is 2.00. The SMILES string of the molecule is Cc1cc2cc(NC(=O)c3cccc(CS(C)=O)c3)ccc2[nH]1. The van der Waals surface area contributed by atoms with Gasteiger partial charge in [0, 0.05) is 50.7 Å². The average molecular weight is 326 g/mol. The minimum absolute atomic E-state index is 0.166. The van der Waals surface area contributed by atoms with Crippen molar-refractivity contribution in [2.24, 2.45) is 0 Å². The highest BCUT2D eigenvalue weighted by Gasteiger charge is 2.08. The number of carbonyl (C=O) groups excluding carboxylic acids is 1. The highest BCUT2D eigenvalue weighted by Crippen LogP contribution is 2.20. The number of hydrogen-bond donors (Lipinski definition) is 2. The highest BCUT2D eigenvalue weighted by molar-refractivity contribution is 7.83. The van der Waals surface area contributed by atoms with Gasteiger partial charge < -0.3 is 10.3 Å². The molecule has 2 aromatic carbocycles. The molecule has 1 atom stereocenters. The number of fused-ring (bicyclic) bond motifs is 1. The first-order valence-corrected chi connectivity index (χ1v) is 9.04. The van der Waals surface area contributed by atoms with E-state index in [1.807, 2.05) is 43.3 Å². The molecule has 118 valence electrons. The lowest BCUT2D eigenvalue weighted by Gasteiger charge is -2.07. The van der Waals surface area contributed by atoms with Crippen LogP contribution in [0.5, 0.6) is 0 Å². The number of carbonyl (C=O) groups is 1. The summed E-state index contributed by atoms with van der Waals surface area (Å²) in [5.74, 6) is 0.288. The number of rotatable bonds is 4. The summed E-state index contributed by atoms with van der Waals surface area (Å²) in [5.41, 5.74) is 4.36.